The van der Waals surface area contributed by atoms with Gasteiger partial charge in [0, 0.05) is 17.0 Å². The van der Waals surface area contributed by atoms with Crippen LogP contribution in [0.2, 0.25) is 0 Å². The summed E-state index contributed by atoms with van der Waals surface area (Å²) in [5, 5.41) is 4.19. The molecular weight excluding hydrogens is 262 g/mol. The van der Waals surface area contributed by atoms with E-state index >= 15 is 0 Å². The summed E-state index contributed by atoms with van der Waals surface area (Å²) >= 11 is 7.01. The Morgan fingerprint density at radius 3 is 2.94 bits per heavy atom. The molecule has 1 aliphatic rings. The molecule has 1 heterocycles. The van der Waals surface area contributed by atoms with Crippen LogP contribution in [0, 0.1) is 6.92 Å². The van der Waals surface area contributed by atoms with Crippen LogP contribution >= 0.6 is 24.0 Å². The van der Waals surface area contributed by atoms with Crippen LogP contribution in [0.4, 0.5) is 5.82 Å². The molecule has 5 heteroatoms. The van der Waals surface area contributed by atoms with Gasteiger partial charge in [-0.05, 0) is 38.2 Å². The lowest BCUT2D eigenvalue weighted by molar-refractivity contribution is 0.762. The van der Waals surface area contributed by atoms with E-state index in [0.29, 0.717) is 16.3 Å². The average Bonchev–Trinajstić information content (AvgIpc) is 2.76. The summed E-state index contributed by atoms with van der Waals surface area (Å²) in [6.07, 6.45) is 5.91. The highest BCUT2D eigenvalue weighted by atomic mass is 32.2. The first-order valence-corrected chi connectivity index (χ1v) is 7.88. The predicted octanol–water partition coefficient (Wildman–Crippen LogP) is 2.72. The Morgan fingerprint density at radius 2 is 2.28 bits per heavy atom. The normalized spacial score (nSPS) is 23.0. The molecule has 2 rings (SSSR count). The SMILES string of the molecule is CSC1CCCC1Nc1nc(C)ccc1C(N)=S. The summed E-state index contributed by atoms with van der Waals surface area (Å²) in [5.41, 5.74) is 7.58. The number of aromatic nitrogens is 1. The third-order valence-corrected chi connectivity index (χ3v) is 4.77. The van der Waals surface area contributed by atoms with Crippen LogP contribution in [-0.2, 0) is 0 Å². The first-order chi connectivity index (χ1) is 8.61. The van der Waals surface area contributed by atoms with Gasteiger partial charge in [-0.25, -0.2) is 4.98 Å². The first kappa shape index (κ1) is 13.6. The lowest BCUT2D eigenvalue weighted by Gasteiger charge is -2.21. The number of aryl methyl sites for hydroxylation is 1. The zero-order valence-corrected chi connectivity index (χ0v) is 12.4. The molecule has 0 aromatic carbocycles. The van der Waals surface area contributed by atoms with Crippen molar-refractivity contribution in [2.24, 2.45) is 5.73 Å². The van der Waals surface area contributed by atoms with E-state index in [0.717, 1.165) is 17.1 Å². The summed E-state index contributed by atoms with van der Waals surface area (Å²) < 4.78 is 0. The van der Waals surface area contributed by atoms with Crippen molar-refractivity contribution < 1.29 is 0 Å². The number of pyridine rings is 1. The van der Waals surface area contributed by atoms with Crippen LogP contribution in [0.1, 0.15) is 30.5 Å². The van der Waals surface area contributed by atoms with Crippen molar-refractivity contribution in [3.8, 4) is 0 Å². The second-order valence-electron chi connectivity index (χ2n) is 4.67. The minimum absolute atomic E-state index is 0.406. The molecule has 0 spiro atoms. The molecule has 0 saturated heterocycles. The average molecular weight is 281 g/mol. The molecule has 2 atom stereocenters. The monoisotopic (exact) mass is 281 g/mol. The molecule has 0 aliphatic heterocycles. The van der Waals surface area contributed by atoms with Crippen LogP contribution in [0.15, 0.2) is 12.1 Å². The smallest absolute Gasteiger partial charge is 0.136 e. The van der Waals surface area contributed by atoms with Gasteiger partial charge in [0.2, 0.25) is 0 Å². The minimum atomic E-state index is 0.406. The molecule has 1 fully saturated rings. The Hall–Kier alpha value is -0.810. The molecule has 18 heavy (non-hydrogen) atoms. The second kappa shape index (κ2) is 5.89. The molecule has 0 radical (unpaired) electrons. The highest BCUT2D eigenvalue weighted by molar-refractivity contribution is 7.99. The summed E-state index contributed by atoms with van der Waals surface area (Å²) in [4.78, 5) is 4.94. The number of anilines is 1. The maximum atomic E-state index is 5.75. The summed E-state index contributed by atoms with van der Waals surface area (Å²) in [5.74, 6) is 0.841. The Balaban J connectivity index is 2.22. The summed E-state index contributed by atoms with van der Waals surface area (Å²) in [6.45, 7) is 1.98. The zero-order chi connectivity index (χ0) is 13.1. The lowest BCUT2D eigenvalue weighted by Crippen LogP contribution is -2.28. The molecule has 1 saturated carbocycles. The van der Waals surface area contributed by atoms with Crippen LogP contribution in [-0.4, -0.2) is 27.5 Å². The fourth-order valence-electron chi connectivity index (χ4n) is 2.41. The van der Waals surface area contributed by atoms with Crippen molar-refractivity contribution in [3.63, 3.8) is 0 Å². The topological polar surface area (TPSA) is 50.9 Å². The number of thioether (sulfide) groups is 1. The quantitative estimate of drug-likeness (QED) is 0.831. The molecule has 0 bridgehead atoms. The van der Waals surface area contributed by atoms with Gasteiger partial charge in [-0.15, -0.1) is 0 Å². The van der Waals surface area contributed by atoms with E-state index in [1.807, 2.05) is 30.8 Å². The number of nitrogens with one attached hydrogen (secondary N) is 1. The van der Waals surface area contributed by atoms with E-state index in [1.165, 1.54) is 19.3 Å². The number of hydrogen-bond acceptors (Lipinski definition) is 4. The lowest BCUT2D eigenvalue weighted by atomic mass is 10.2. The first-order valence-electron chi connectivity index (χ1n) is 6.18. The molecule has 1 aromatic heterocycles. The Labute approximate surface area is 118 Å². The van der Waals surface area contributed by atoms with Gasteiger partial charge >= 0.3 is 0 Å². The van der Waals surface area contributed by atoms with Gasteiger partial charge in [-0.1, -0.05) is 18.6 Å². The van der Waals surface area contributed by atoms with Crippen molar-refractivity contribution in [3.05, 3.63) is 23.4 Å². The van der Waals surface area contributed by atoms with Crippen LogP contribution in [0.5, 0.6) is 0 Å². The molecule has 1 aliphatic carbocycles. The second-order valence-corrected chi connectivity index (χ2v) is 6.19. The molecule has 1 aromatic rings. The van der Waals surface area contributed by atoms with Crippen LogP contribution in [0.3, 0.4) is 0 Å². The largest absolute Gasteiger partial charge is 0.389 e. The van der Waals surface area contributed by atoms with Crippen LogP contribution in [0.25, 0.3) is 0 Å². The molecule has 3 nitrogen and oxygen atoms in total. The highest BCUT2D eigenvalue weighted by Gasteiger charge is 2.27. The van der Waals surface area contributed by atoms with Crippen molar-refractivity contribution in [1.82, 2.24) is 4.98 Å². The standard InChI is InChI=1S/C13H19N3S2/c1-8-6-7-9(12(14)17)13(15-8)16-10-4-3-5-11(10)18-2/h6-7,10-11H,3-5H2,1-2H3,(H2,14,17)(H,15,16). The Morgan fingerprint density at radius 1 is 1.50 bits per heavy atom. The van der Waals surface area contributed by atoms with Crippen molar-refractivity contribution in [2.45, 2.75) is 37.5 Å². The van der Waals surface area contributed by atoms with Gasteiger partial charge in [-0.2, -0.15) is 11.8 Å². The molecular formula is C13H19N3S2. The summed E-state index contributed by atoms with van der Waals surface area (Å²) in [7, 11) is 0. The number of nitrogens with two attached hydrogens (primary N) is 1. The zero-order valence-electron chi connectivity index (χ0n) is 10.8. The minimum Gasteiger partial charge on any atom is -0.389 e. The van der Waals surface area contributed by atoms with E-state index < -0.39 is 0 Å². The fraction of sp³-hybridized carbons (Fsp3) is 0.538. The third-order valence-electron chi connectivity index (χ3n) is 3.38. The van der Waals surface area contributed by atoms with Gasteiger partial charge in [0.1, 0.15) is 10.8 Å². The van der Waals surface area contributed by atoms with Crippen molar-refractivity contribution in [2.75, 3.05) is 11.6 Å². The third kappa shape index (κ3) is 2.95. The number of thiocarbonyl (C=S) groups is 1. The van der Waals surface area contributed by atoms with E-state index in [2.05, 4.69) is 16.6 Å². The van der Waals surface area contributed by atoms with E-state index in [9.17, 15) is 0 Å². The molecule has 0 amide bonds. The highest BCUT2D eigenvalue weighted by Crippen LogP contribution is 2.31. The predicted molar refractivity (Wildman–Crippen MR) is 83.4 cm³/mol. The Bertz CT molecular complexity index is 448. The van der Waals surface area contributed by atoms with Gasteiger partial charge in [0.15, 0.2) is 0 Å². The van der Waals surface area contributed by atoms with E-state index in [-0.39, 0.29) is 0 Å². The van der Waals surface area contributed by atoms with Crippen LogP contribution < -0.4 is 11.1 Å². The number of hydrogen-bond donors (Lipinski definition) is 2. The van der Waals surface area contributed by atoms with Gasteiger partial charge in [-0.3, -0.25) is 0 Å². The van der Waals surface area contributed by atoms with E-state index in [1.54, 1.807) is 0 Å². The molecule has 2 unspecified atom stereocenters. The van der Waals surface area contributed by atoms with Gasteiger partial charge in [0.05, 0.1) is 5.56 Å². The Kier molecular flexibility index (Phi) is 4.45. The number of rotatable bonds is 4. The maximum Gasteiger partial charge on any atom is 0.136 e. The number of nitrogens with zero attached hydrogens (tertiary/aromatic N) is 1. The van der Waals surface area contributed by atoms with Crippen molar-refractivity contribution >= 4 is 34.8 Å². The van der Waals surface area contributed by atoms with E-state index in [4.69, 9.17) is 18.0 Å². The van der Waals surface area contributed by atoms with Gasteiger partial charge < -0.3 is 11.1 Å². The fourth-order valence-corrected chi connectivity index (χ4v) is 3.51. The van der Waals surface area contributed by atoms with Crippen molar-refractivity contribution in [1.29, 1.82) is 0 Å². The maximum absolute atomic E-state index is 5.75. The van der Waals surface area contributed by atoms with Gasteiger partial charge in [0.25, 0.3) is 0 Å². The molecule has 98 valence electrons. The molecule has 3 N–H and O–H groups in total. The summed E-state index contributed by atoms with van der Waals surface area (Å²) in [6, 6.07) is 4.37.